The predicted octanol–water partition coefficient (Wildman–Crippen LogP) is 2.38. The highest BCUT2D eigenvalue weighted by Gasteiger charge is 2.13. The molecule has 5 heteroatoms. The van der Waals surface area contributed by atoms with Crippen LogP contribution in [-0.4, -0.2) is 18.6 Å². The van der Waals surface area contributed by atoms with Gasteiger partial charge >= 0.3 is 6.03 Å². The lowest BCUT2D eigenvalue weighted by Gasteiger charge is -2.15. The first-order valence-electron chi connectivity index (χ1n) is 5.62. The molecule has 0 spiro atoms. The van der Waals surface area contributed by atoms with E-state index in [2.05, 4.69) is 17.2 Å². The van der Waals surface area contributed by atoms with E-state index in [-0.39, 0.29) is 24.1 Å². The molecular formula is C13H16F2N2O. The van der Waals surface area contributed by atoms with Gasteiger partial charge in [0, 0.05) is 18.2 Å². The maximum atomic E-state index is 13.4. The van der Waals surface area contributed by atoms with Crippen molar-refractivity contribution in [2.24, 2.45) is 0 Å². The summed E-state index contributed by atoms with van der Waals surface area (Å²) in [5, 5.41) is 5.11. The number of rotatable bonds is 5. The molecule has 0 aliphatic carbocycles. The standard InChI is InChI=1S/C13H16F2N2O/c1-3-7-16-13(18)17-9(2)8-10-11(14)5-4-6-12(10)15/h3-6,9H,1,7-8H2,2H3,(H2,16,17,18). The van der Waals surface area contributed by atoms with Crippen LogP contribution in [0.15, 0.2) is 30.9 Å². The Morgan fingerprint density at radius 1 is 1.44 bits per heavy atom. The fraction of sp³-hybridized carbons (Fsp3) is 0.308. The van der Waals surface area contributed by atoms with Gasteiger partial charge in [-0.25, -0.2) is 13.6 Å². The molecular weight excluding hydrogens is 238 g/mol. The van der Waals surface area contributed by atoms with E-state index in [0.29, 0.717) is 6.54 Å². The Morgan fingerprint density at radius 2 is 2.06 bits per heavy atom. The SMILES string of the molecule is C=CCNC(=O)NC(C)Cc1c(F)cccc1F. The smallest absolute Gasteiger partial charge is 0.315 e. The van der Waals surface area contributed by atoms with Gasteiger partial charge in [-0.2, -0.15) is 0 Å². The van der Waals surface area contributed by atoms with Crippen LogP contribution >= 0.6 is 0 Å². The van der Waals surface area contributed by atoms with Gasteiger partial charge in [0.15, 0.2) is 0 Å². The molecule has 1 atom stereocenters. The van der Waals surface area contributed by atoms with Crippen LogP contribution in [-0.2, 0) is 6.42 Å². The monoisotopic (exact) mass is 254 g/mol. The van der Waals surface area contributed by atoms with Gasteiger partial charge in [-0.1, -0.05) is 12.1 Å². The van der Waals surface area contributed by atoms with Gasteiger partial charge < -0.3 is 10.6 Å². The van der Waals surface area contributed by atoms with Crippen molar-refractivity contribution in [3.8, 4) is 0 Å². The summed E-state index contributed by atoms with van der Waals surface area (Å²) in [7, 11) is 0. The number of hydrogen-bond donors (Lipinski definition) is 2. The molecule has 0 aromatic heterocycles. The summed E-state index contributed by atoms with van der Waals surface area (Å²) in [6, 6.07) is 2.94. The van der Waals surface area contributed by atoms with Crippen molar-refractivity contribution in [2.75, 3.05) is 6.54 Å². The molecule has 2 amide bonds. The Balaban J connectivity index is 2.56. The molecule has 98 valence electrons. The van der Waals surface area contributed by atoms with Crippen LogP contribution in [0.1, 0.15) is 12.5 Å². The molecule has 0 fully saturated rings. The predicted molar refractivity (Wildman–Crippen MR) is 66.3 cm³/mol. The molecule has 18 heavy (non-hydrogen) atoms. The second kappa shape index (κ2) is 6.74. The molecule has 1 aromatic carbocycles. The summed E-state index contributed by atoms with van der Waals surface area (Å²) < 4.78 is 26.7. The number of hydrogen-bond acceptors (Lipinski definition) is 1. The number of carbonyl (C=O) groups is 1. The Morgan fingerprint density at radius 3 is 2.61 bits per heavy atom. The first kappa shape index (κ1) is 14.2. The van der Waals surface area contributed by atoms with E-state index in [4.69, 9.17) is 0 Å². The third-order valence-electron chi connectivity index (χ3n) is 2.36. The lowest BCUT2D eigenvalue weighted by molar-refractivity contribution is 0.238. The number of halogens is 2. The van der Waals surface area contributed by atoms with Crippen molar-refractivity contribution >= 4 is 6.03 Å². The Kier molecular flexibility index (Phi) is 5.30. The normalized spacial score (nSPS) is 11.7. The summed E-state index contributed by atoms with van der Waals surface area (Å²) >= 11 is 0. The van der Waals surface area contributed by atoms with Crippen molar-refractivity contribution in [1.29, 1.82) is 0 Å². The summed E-state index contributed by atoms with van der Waals surface area (Å²) in [6.07, 6.45) is 1.64. The summed E-state index contributed by atoms with van der Waals surface area (Å²) in [4.78, 5) is 11.3. The van der Waals surface area contributed by atoms with E-state index in [0.717, 1.165) is 0 Å². The van der Waals surface area contributed by atoms with Crippen LogP contribution in [0, 0.1) is 11.6 Å². The van der Waals surface area contributed by atoms with E-state index in [1.165, 1.54) is 18.2 Å². The maximum Gasteiger partial charge on any atom is 0.315 e. The van der Waals surface area contributed by atoms with E-state index in [9.17, 15) is 13.6 Å². The minimum Gasteiger partial charge on any atom is -0.335 e. The lowest BCUT2D eigenvalue weighted by atomic mass is 10.1. The Hall–Kier alpha value is -1.91. The largest absolute Gasteiger partial charge is 0.335 e. The molecule has 2 N–H and O–H groups in total. The van der Waals surface area contributed by atoms with Crippen LogP contribution in [0.2, 0.25) is 0 Å². The second-order valence-electron chi connectivity index (χ2n) is 3.95. The zero-order valence-electron chi connectivity index (χ0n) is 10.2. The van der Waals surface area contributed by atoms with E-state index in [1.807, 2.05) is 0 Å². The summed E-state index contributed by atoms with van der Waals surface area (Å²) in [6.45, 7) is 5.48. The summed E-state index contributed by atoms with van der Waals surface area (Å²) in [5.74, 6) is -1.20. The highest BCUT2D eigenvalue weighted by molar-refractivity contribution is 5.74. The molecule has 1 rings (SSSR count). The van der Waals surface area contributed by atoms with Crippen molar-refractivity contribution in [1.82, 2.24) is 10.6 Å². The molecule has 0 bridgehead atoms. The quantitative estimate of drug-likeness (QED) is 0.778. The van der Waals surface area contributed by atoms with Gasteiger partial charge in [0.25, 0.3) is 0 Å². The summed E-state index contributed by atoms with van der Waals surface area (Å²) in [5.41, 5.74) is -0.0194. The molecule has 0 radical (unpaired) electrons. The fourth-order valence-electron chi connectivity index (χ4n) is 1.52. The van der Waals surface area contributed by atoms with Crippen LogP contribution in [0.25, 0.3) is 0 Å². The number of benzene rings is 1. The number of carbonyl (C=O) groups excluding carboxylic acids is 1. The molecule has 0 saturated heterocycles. The molecule has 0 aliphatic rings. The minimum absolute atomic E-state index is 0.0194. The van der Waals surface area contributed by atoms with Gasteiger partial charge in [-0.3, -0.25) is 0 Å². The molecule has 0 saturated carbocycles. The fourth-order valence-corrected chi connectivity index (χ4v) is 1.52. The zero-order chi connectivity index (χ0) is 13.5. The van der Waals surface area contributed by atoms with Crippen molar-refractivity contribution < 1.29 is 13.6 Å². The first-order chi connectivity index (χ1) is 8.54. The second-order valence-corrected chi connectivity index (χ2v) is 3.95. The Bertz CT molecular complexity index is 415. The zero-order valence-corrected chi connectivity index (χ0v) is 10.2. The third-order valence-corrected chi connectivity index (χ3v) is 2.36. The molecule has 1 unspecified atom stereocenters. The van der Waals surface area contributed by atoms with Gasteiger partial charge in [0.2, 0.25) is 0 Å². The minimum atomic E-state index is -0.602. The highest BCUT2D eigenvalue weighted by atomic mass is 19.1. The number of nitrogens with one attached hydrogen (secondary N) is 2. The topological polar surface area (TPSA) is 41.1 Å². The Labute approximate surface area is 105 Å². The van der Waals surface area contributed by atoms with Crippen LogP contribution < -0.4 is 10.6 Å². The van der Waals surface area contributed by atoms with E-state index < -0.39 is 11.6 Å². The van der Waals surface area contributed by atoms with Gasteiger partial charge in [0.05, 0.1) is 0 Å². The average Bonchev–Trinajstić information content (AvgIpc) is 2.31. The van der Waals surface area contributed by atoms with Gasteiger partial charge in [-0.05, 0) is 25.5 Å². The van der Waals surface area contributed by atoms with Gasteiger partial charge in [-0.15, -0.1) is 6.58 Å². The van der Waals surface area contributed by atoms with E-state index >= 15 is 0 Å². The van der Waals surface area contributed by atoms with Crippen LogP contribution in [0.4, 0.5) is 13.6 Å². The van der Waals surface area contributed by atoms with Crippen LogP contribution in [0.3, 0.4) is 0 Å². The number of amides is 2. The molecule has 0 heterocycles. The van der Waals surface area contributed by atoms with E-state index in [1.54, 1.807) is 13.0 Å². The van der Waals surface area contributed by atoms with Crippen molar-refractivity contribution in [3.05, 3.63) is 48.1 Å². The third kappa shape index (κ3) is 4.16. The lowest BCUT2D eigenvalue weighted by Crippen LogP contribution is -2.41. The molecule has 1 aromatic rings. The maximum absolute atomic E-state index is 13.4. The highest BCUT2D eigenvalue weighted by Crippen LogP contribution is 2.13. The number of urea groups is 1. The van der Waals surface area contributed by atoms with Crippen molar-refractivity contribution in [3.63, 3.8) is 0 Å². The van der Waals surface area contributed by atoms with Gasteiger partial charge in [0.1, 0.15) is 11.6 Å². The van der Waals surface area contributed by atoms with Crippen LogP contribution in [0.5, 0.6) is 0 Å². The first-order valence-corrected chi connectivity index (χ1v) is 5.62. The average molecular weight is 254 g/mol. The molecule has 0 aliphatic heterocycles. The molecule has 3 nitrogen and oxygen atoms in total. The van der Waals surface area contributed by atoms with Crippen molar-refractivity contribution in [2.45, 2.75) is 19.4 Å².